The number of methoxy groups -OCH3 is 1. The Morgan fingerprint density at radius 2 is 2.16 bits per heavy atom. The van der Waals surface area contributed by atoms with Crippen LogP contribution in [0.5, 0.6) is 0 Å². The fraction of sp³-hybridized carbons (Fsp3) is 0.529. The quantitative estimate of drug-likeness (QED) is 0.454. The van der Waals surface area contributed by atoms with Crippen LogP contribution in [0.15, 0.2) is 23.3 Å². The van der Waals surface area contributed by atoms with Crippen LogP contribution in [0.3, 0.4) is 0 Å². The summed E-state index contributed by atoms with van der Waals surface area (Å²) < 4.78 is 24.8. The molecule has 0 aliphatic carbocycles. The maximum Gasteiger partial charge on any atom is 0.187 e. The number of rotatable bonds is 6. The summed E-state index contributed by atoms with van der Waals surface area (Å²) >= 11 is 5.17. The fourth-order valence-electron chi connectivity index (χ4n) is 2.54. The van der Waals surface area contributed by atoms with Crippen molar-refractivity contribution in [2.75, 3.05) is 44.9 Å². The molecule has 1 fully saturated rings. The third kappa shape index (κ3) is 5.91. The lowest BCUT2D eigenvalue weighted by atomic mass is 10.1. The molecule has 0 amide bonds. The molecule has 0 aromatic heterocycles. The van der Waals surface area contributed by atoms with Crippen molar-refractivity contribution in [2.45, 2.75) is 19.9 Å². The Kier molecular flexibility index (Phi) is 7.54. The van der Waals surface area contributed by atoms with Gasteiger partial charge in [-0.3, -0.25) is 5.43 Å². The average Bonchev–Trinajstić information content (AvgIpc) is 2.60. The number of ether oxygens (including phenoxy) is 2. The summed E-state index contributed by atoms with van der Waals surface area (Å²) in [4.78, 5) is 1.99. The van der Waals surface area contributed by atoms with E-state index in [1.807, 2.05) is 17.9 Å². The molecule has 8 heteroatoms. The van der Waals surface area contributed by atoms with Crippen LogP contribution < -0.4 is 15.6 Å². The number of nitrogens with one attached hydrogen (secondary N) is 2. The normalized spacial score (nSPS) is 16.5. The minimum Gasteiger partial charge on any atom is -0.383 e. The number of hydrazone groups is 1. The van der Waals surface area contributed by atoms with Gasteiger partial charge >= 0.3 is 0 Å². The van der Waals surface area contributed by atoms with Gasteiger partial charge in [0.1, 0.15) is 5.82 Å². The first kappa shape index (κ1) is 19.6. The molecule has 0 radical (unpaired) electrons. The van der Waals surface area contributed by atoms with Crippen LogP contribution in [-0.2, 0) is 9.47 Å². The lowest BCUT2D eigenvalue weighted by Crippen LogP contribution is -2.40. The highest BCUT2D eigenvalue weighted by Crippen LogP contribution is 2.21. The topological polar surface area (TPSA) is 58.1 Å². The zero-order valence-corrected chi connectivity index (χ0v) is 15.7. The minimum atomic E-state index is -0.261. The molecule has 138 valence electrons. The van der Waals surface area contributed by atoms with E-state index in [0.717, 1.165) is 0 Å². The van der Waals surface area contributed by atoms with Gasteiger partial charge in [0.2, 0.25) is 0 Å². The molecule has 0 unspecified atom stereocenters. The molecule has 1 aromatic rings. The van der Waals surface area contributed by atoms with E-state index >= 15 is 0 Å². The minimum absolute atomic E-state index is 0.0748. The highest BCUT2D eigenvalue weighted by atomic mass is 32.1. The van der Waals surface area contributed by atoms with Gasteiger partial charge in [-0.1, -0.05) is 6.07 Å². The second kappa shape index (κ2) is 9.65. The third-order valence-corrected chi connectivity index (χ3v) is 4.05. The lowest BCUT2D eigenvalue weighted by Gasteiger charge is -2.29. The predicted octanol–water partition coefficient (Wildman–Crippen LogP) is 1.89. The highest BCUT2D eigenvalue weighted by Gasteiger charge is 2.15. The van der Waals surface area contributed by atoms with Crippen molar-refractivity contribution in [3.63, 3.8) is 0 Å². The number of nitrogens with zero attached hydrogens (tertiary/aromatic N) is 2. The first-order valence-corrected chi connectivity index (χ1v) is 8.64. The molecular weight excluding hydrogens is 343 g/mol. The van der Waals surface area contributed by atoms with Crippen molar-refractivity contribution in [1.29, 1.82) is 0 Å². The standard InChI is InChI=1S/C17H25FN4O2S/c1-12(11-23-3)19-17(25)21-20-13(2)14-4-5-16(15(18)10-14)22-6-8-24-9-7-22/h4-5,10,12H,6-9,11H2,1-3H3,(H2,19,21,25)/b20-13-/t12-/m0/s1. The van der Waals surface area contributed by atoms with Crippen molar-refractivity contribution < 1.29 is 13.9 Å². The van der Waals surface area contributed by atoms with E-state index < -0.39 is 0 Å². The third-order valence-electron chi connectivity index (χ3n) is 3.84. The summed E-state index contributed by atoms with van der Waals surface area (Å²) in [7, 11) is 1.63. The van der Waals surface area contributed by atoms with E-state index in [1.165, 1.54) is 6.07 Å². The van der Waals surface area contributed by atoms with Crippen LogP contribution in [0.2, 0.25) is 0 Å². The molecule has 2 N–H and O–H groups in total. The van der Waals surface area contributed by atoms with Gasteiger partial charge in [0.05, 0.1) is 31.2 Å². The second-order valence-electron chi connectivity index (χ2n) is 5.90. The largest absolute Gasteiger partial charge is 0.383 e. The van der Waals surface area contributed by atoms with E-state index in [9.17, 15) is 4.39 Å². The molecule has 0 saturated carbocycles. The molecule has 0 bridgehead atoms. The molecule has 6 nitrogen and oxygen atoms in total. The summed E-state index contributed by atoms with van der Waals surface area (Å²) in [6, 6.07) is 5.21. The Bertz CT molecular complexity index is 621. The van der Waals surface area contributed by atoms with Gasteiger partial charge in [0.25, 0.3) is 0 Å². The Hall–Kier alpha value is -1.77. The van der Waals surface area contributed by atoms with E-state index in [0.29, 0.717) is 55.0 Å². The van der Waals surface area contributed by atoms with E-state index in [4.69, 9.17) is 21.7 Å². The monoisotopic (exact) mass is 368 g/mol. The van der Waals surface area contributed by atoms with Crippen molar-refractivity contribution in [1.82, 2.24) is 10.7 Å². The molecule has 25 heavy (non-hydrogen) atoms. The van der Waals surface area contributed by atoms with E-state index in [-0.39, 0.29) is 11.9 Å². The number of hydrogen-bond donors (Lipinski definition) is 2. The Labute approximate surface area is 153 Å². The first-order chi connectivity index (χ1) is 12.0. The molecule has 1 aliphatic rings. The van der Waals surface area contributed by atoms with Crippen molar-refractivity contribution in [2.24, 2.45) is 5.10 Å². The smallest absolute Gasteiger partial charge is 0.187 e. The second-order valence-corrected chi connectivity index (χ2v) is 6.31. The van der Waals surface area contributed by atoms with E-state index in [1.54, 1.807) is 20.1 Å². The lowest BCUT2D eigenvalue weighted by molar-refractivity contribution is 0.122. The number of halogens is 1. The van der Waals surface area contributed by atoms with Crippen LogP contribution >= 0.6 is 12.2 Å². The molecule has 1 saturated heterocycles. The Morgan fingerprint density at radius 1 is 1.44 bits per heavy atom. The number of morpholine rings is 1. The van der Waals surface area contributed by atoms with Gasteiger partial charge in [-0.15, -0.1) is 0 Å². The Balaban J connectivity index is 1.97. The maximum absolute atomic E-state index is 14.4. The van der Waals surface area contributed by atoms with Gasteiger partial charge < -0.3 is 19.7 Å². The first-order valence-electron chi connectivity index (χ1n) is 8.23. The summed E-state index contributed by atoms with van der Waals surface area (Å²) in [6.07, 6.45) is 0. The summed E-state index contributed by atoms with van der Waals surface area (Å²) in [5.74, 6) is -0.261. The van der Waals surface area contributed by atoms with Crippen LogP contribution in [0.1, 0.15) is 19.4 Å². The molecule has 1 aliphatic heterocycles. The van der Waals surface area contributed by atoms with Gasteiger partial charge in [0, 0.05) is 31.8 Å². The molecule has 0 spiro atoms. The number of thiocarbonyl (C=S) groups is 1. The van der Waals surface area contributed by atoms with Crippen LogP contribution in [0, 0.1) is 5.82 Å². The van der Waals surface area contributed by atoms with Crippen molar-refractivity contribution in [3.05, 3.63) is 29.6 Å². The van der Waals surface area contributed by atoms with Crippen LogP contribution in [-0.4, -0.2) is 56.9 Å². The summed E-state index contributed by atoms with van der Waals surface area (Å²) in [5, 5.41) is 7.66. The van der Waals surface area contributed by atoms with E-state index in [2.05, 4.69) is 15.8 Å². The number of hydrogen-bond acceptors (Lipinski definition) is 5. The van der Waals surface area contributed by atoms with Gasteiger partial charge in [-0.2, -0.15) is 5.10 Å². The summed E-state index contributed by atoms with van der Waals surface area (Å²) in [6.45, 7) is 6.94. The van der Waals surface area contributed by atoms with Gasteiger partial charge in [-0.05, 0) is 38.2 Å². The molecule has 1 heterocycles. The SMILES string of the molecule is COC[C@H](C)NC(=S)N/N=C(/C)c1ccc(N2CCOCC2)c(F)c1. The number of anilines is 1. The zero-order chi connectivity index (χ0) is 18.2. The summed E-state index contributed by atoms with van der Waals surface area (Å²) in [5.41, 5.74) is 4.72. The molecule has 1 atom stereocenters. The van der Waals surface area contributed by atoms with Crippen LogP contribution in [0.25, 0.3) is 0 Å². The number of benzene rings is 1. The van der Waals surface area contributed by atoms with Gasteiger partial charge in [0.15, 0.2) is 5.11 Å². The highest BCUT2D eigenvalue weighted by molar-refractivity contribution is 7.80. The fourth-order valence-corrected chi connectivity index (χ4v) is 2.79. The van der Waals surface area contributed by atoms with Crippen molar-refractivity contribution >= 4 is 28.7 Å². The van der Waals surface area contributed by atoms with Crippen LogP contribution in [0.4, 0.5) is 10.1 Å². The van der Waals surface area contributed by atoms with Gasteiger partial charge in [-0.25, -0.2) is 4.39 Å². The zero-order valence-electron chi connectivity index (χ0n) is 14.8. The van der Waals surface area contributed by atoms with Crippen molar-refractivity contribution in [3.8, 4) is 0 Å². The predicted molar refractivity (Wildman–Crippen MR) is 102 cm³/mol. The molecular formula is C17H25FN4O2S. The molecule has 1 aromatic carbocycles. The Morgan fingerprint density at radius 3 is 2.80 bits per heavy atom. The maximum atomic E-state index is 14.4. The average molecular weight is 368 g/mol. The molecule has 2 rings (SSSR count).